The van der Waals surface area contributed by atoms with Crippen LogP contribution in [0.5, 0.6) is 0 Å². The van der Waals surface area contributed by atoms with Crippen molar-refractivity contribution in [2.24, 2.45) is 5.14 Å². The molecule has 1 aromatic carbocycles. The molecular weight excluding hydrogens is 342 g/mol. The van der Waals surface area contributed by atoms with Crippen molar-refractivity contribution in [3.63, 3.8) is 0 Å². The third kappa shape index (κ3) is 2.35. The molecule has 0 saturated carbocycles. The highest BCUT2D eigenvalue weighted by Gasteiger charge is 2.10. The van der Waals surface area contributed by atoms with Crippen LogP contribution in [0, 0.1) is 0 Å². The number of nitrogens with two attached hydrogens (primary N) is 1. The second-order valence-corrected chi connectivity index (χ2v) is 6.77. The van der Waals surface area contributed by atoms with E-state index in [4.69, 9.17) is 5.14 Å². The molecule has 0 aliphatic rings. The van der Waals surface area contributed by atoms with Gasteiger partial charge in [-0.1, -0.05) is 12.1 Å². The zero-order valence-corrected chi connectivity index (χ0v) is 12.6. The molecule has 2 N–H and O–H groups in total. The molecule has 102 valence electrons. The first-order valence-electron chi connectivity index (χ1n) is 5.71. The zero-order valence-electron chi connectivity index (χ0n) is 10.2. The minimum Gasteiger partial charge on any atom is -0.299 e. The van der Waals surface area contributed by atoms with Crippen molar-refractivity contribution in [3.05, 3.63) is 53.3 Å². The Labute approximate surface area is 124 Å². The molecule has 3 aromatic rings. The summed E-state index contributed by atoms with van der Waals surface area (Å²) in [6, 6.07) is 10.2. The molecule has 0 aliphatic carbocycles. The highest BCUT2D eigenvalue weighted by molar-refractivity contribution is 9.10. The van der Waals surface area contributed by atoms with E-state index in [1.54, 1.807) is 18.3 Å². The highest BCUT2D eigenvalue weighted by atomic mass is 79.9. The summed E-state index contributed by atoms with van der Waals surface area (Å²) in [5.74, 6) is 0. The summed E-state index contributed by atoms with van der Waals surface area (Å²) < 4.78 is 25.3. The molecule has 0 unspecified atom stereocenters. The van der Waals surface area contributed by atoms with Crippen molar-refractivity contribution in [2.45, 2.75) is 4.90 Å². The smallest absolute Gasteiger partial charge is 0.238 e. The molecular formula is C13H10BrN3O2S. The molecule has 0 radical (unpaired) electrons. The number of halogens is 1. The van der Waals surface area contributed by atoms with E-state index in [2.05, 4.69) is 20.9 Å². The van der Waals surface area contributed by atoms with Gasteiger partial charge in [-0.2, -0.15) is 0 Å². The van der Waals surface area contributed by atoms with Gasteiger partial charge in [0.1, 0.15) is 5.65 Å². The van der Waals surface area contributed by atoms with Gasteiger partial charge in [-0.25, -0.2) is 18.5 Å². The Morgan fingerprint density at radius 2 is 1.80 bits per heavy atom. The molecule has 0 fully saturated rings. The highest BCUT2D eigenvalue weighted by Crippen LogP contribution is 2.23. The van der Waals surface area contributed by atoms with E-state index in [-0.39, 0.29) is 4.90 Å². The summed E-state index contributed by atoms with van der Waals surface area (Å²) in [4.78, 5) is 4.40. The molecule has 2 aromatic heterocycles. The van der Waals surface area contributed by atoms with E-state index in [0.717, 1.165) is 21.4 Å². The van der Waals surface area contributed by atoms with Gasteiger partial charge in [-0.05, 0) is 40.2 Å². The maximum Gasteiger partial charge on any atom is 0.238 e. The average molecular weight is 352 g/mol. The van der Waals surface area contributed by atoms with Gasteiger partial charge in [0.05, 0.1) is 16.8 Å². The molecule has 0 saturated heterocycles. The van der Waals surface area contributed by atoms with Gasteiger partial charge < -0.3 is 0 Å². The van der Waals surface area contributed by atoms with Gasteiger partial charge >= 0.3 is 0 Å². The van der Waals surface area contributed by atoms with Crippen LogP contribution in [0.4, 0.5) is 0 Å². The number of nitrogens with zero attached hydrogens (tertiary/aromatic N) is 2. The first-order chi connectivity index (χ1) is 9.45. The van der Waals surface area contributed by atoms with Crippen molar-refractivity contribution in [1.29, 1.82) is 0 Å². The normalized spacial score (nSPS) is 11.9. The predicted octanol–water partition coefficient (Wildman–Crippen LogP) is 2.41. The summed E-state index contributed by atoms with van der Waals surface area (Å²) in [6.07, 6.45) is 3.65. The third-order valence-electron chi connectivity index (χ3n) is 2.95. The SMILES string of the molecule is NS(=O)(=O)c1ccc(-c2cnc3ccc(Br)cn23)cc1. The Morgan fingerprint density at radius 1 is 1.10 bits per heavy atom. The molecule has 3 rings (SSSR count). The molecule has 5 nitrogen and oxygen atoms in total. The topological polar surface area (TPSA) is 77.5 Å². The Bertz CT molecular complexity index is 886. The lowest BCUT2D eigenvalue weighted by Gasteiger charge is -2.04. The minimum atomic E-state index is -3.67. The summed E-state index contributed by atoms with van der Waals surface area (Å²) in [5, 5.41) is 5.08. The number of pyridine rings is 1. The minimum absolute atomic E-state index is 0.0938. The quantitative estimate of drug-likeness (QED) is 0.769. The fraction of sp³-hybridized carbons (Fsp3) is 0. The summed E-state index contributed by atoms with van der Waals surface area (Å²) in [5.41, 5.74) is 2.56. The largest absolute Gasteiger partial charge is 0.299 e. The second kappa shape index (κ2) is 4.69. The van der Waals surface area contributed by atoms with Crippen LogP contribution in [0.1, 0.15) is 0 Å². The van der Waals surface area contributed by atoms with Crippen LogP contribution in [-0.4, -0.2) is 17.8 Å². The summed E-state index contributed by atoms with van der Waals surface area (Å²) >= 11 is 3.42. The van der Waals surface area contributed by atoms with E-state index in [9.17, 15) is 8.42 Å². The lowest BCUT2D eigenvalue weighted by molar-refractivity contribution is 0.598. The van der Waals surface area contributed by atoms with Gasteiger partial charge in [-0.15, -0.1) is 0 Å². The number of primary sulfonamides is 1. The van der Waals surface area contributed by atoms with Gasteiger partial charge in [0.15, 0.2) is 0 Å². The number of aromatic nitrogens is 2. The van der Waals surface area contributed by atoms with Gasteiger partial charge in [0.25, 0.3) is 0 Å². The molecule has 0 bridgehead atoms. The molecule has 0 amide bonds. The Hall–Kier alpha value is -1.70. The van der Waals surface area contributed by atoms with Crippen molar-refractivity contribution < 1.29 is 8.42 Å². The number of imidazole rings is 1. The van der Waals surface area contributed by atoms with E-state index in [0.29, 0.717) is 0 Å². The maximum absolute atomic E-state index is 11.2. The van der Waals surface area contributed by atoms with Gasteiger partial charge in [0.2, 0.25) is 10.0 Å². The molecule has 2 heterocycles. The lowest BCUT2D eigenvalue weighted by atomic mass is 10.2. The molecule has 20 heavy (non-hydrogen) atoms. The number of benzene rings is 1. The van der Waals surface area contributed by atoms with Crippen molar-refractivity contribution in [3.8, 4) is 11.3 Å². The van der Waals surface area contributed by atoms with Crippen LogP contribution in [0.15, 0.2) is 58.2 Å². The average Bonchev–Trinajstić information content (AvgIpc) is 2.81. The molecule has 0 atom stereocenters. The predicted molar refractivity (Wildman–Crippen MR) is 79.7 cm³/mol. The molecule has 7 heteroatoms. The van der Waals surface area contributed by atoms with Crippen LogP contribution in [0.25, 0.3) is 16.9 Å². The summed E-state index contributed by atoms with van der Waals surface area (Å²) in [7, 11) is -3.67. The maximum atomic E-state index is 11.2. The Kier molecular flexibility index (Phi) is 3.12. The fourth-order valence-electron chi connectivity index (χ4n) is 1.98. The third-order valence-corrected chi connectivity index (χ3v) is 4.35. The van der Waals surface area contributed by atoms with Crippen LogP contribution in [0.3, 0.4) is 0 Å². The monoisotopic (exact) mass is 351 g/mol. The standard InChI is InChI=1S/C13H10BrN3O2S/c14-10-3-6-13-16-7-12(17(13)8-10)9-1-4-11(5-2-9)20(15,18)19/h1-8H,(H2,15,18,19). The number of hydrogen-bond acceptors (Lipinski definition) is 3. The summed E-state index contributed by atoms with van der Waals surface area (Å²) in [6.45, 7) is 0. The van der Waals surface area contributed by atoms with E-state index in [1.165, 1.54) is 12.1 Å². The first kappa shape index (κ1) is 13.3. The van der Waals surface area contributed by atoms with E-state index >= 15 is 0 Å². The van der Waals surface area contributed by atoms with E-state index in [1.807, 2.05) is 22.7 Å². The van der Waals surface area contributed by atoms with Crippen molar-refractivity contribution in [1.82, 2.24) is 9.38 Å². The van der Waals surface area contributed by atoms with Crippen molar-refractivity contribution >= 4 is 31.6 Å². The van der Waals surface area contributed by atoms with Crippen LogP contribution >= 0.6 is 15.9 Å². The number of rotatable bonds is 2. The lowest BCUT2D eigenvalue weighted by Crippen LogP contribution is -2.11. The first-order valence-corrected chi connectivity index (χ1v) is 8.05. The van der Waals surface area contributed by atoms with Crippen LogP contribution in [0.2, 0.25) is 0 Å². The van der Waals surface area contributed by atoms with Crippen LogP contribution in [-0.2, 0) is 10.0 Å². The Morgan fingerprint density at radius 3 is 2.45 bits per heavy atom. The molecule has 0 spiro atoms. The van der Waals surface area contributed by atoms with E-state index < -0.39 is 10.0 Å². The van der Waals surface area contributed by atoms with Gasteiger partial charge in [-0.3, -0.25) is 4.40 Å². The number of fused-ring (bicyclic) bond motifs is 1. The van der Waals surface area contributed by atoms with Gasteiger partial charge in [0, 0.05) is 16.2 Å². The second-order valence-electron chi connectivity index (χ2n) is 4.29. The zero-order chi connectivity index (χ0) is 14.3. The fourth-order valence-corrected chi connectivity index (χ4v) is 2.84. The Balaban J connectivity index is 2.14. The number of sulfonamides is 1. The number of hydrogen-bond donors (Lipinski definition) is 1. The van der Waals surface area contributed by atoms with Crippen LogP contribution < -0.4 is 5.14 Å². The van der Waals surface area contributed by atoms with Crippen molar-refractivity contribution in [2.75, 3.05) is 0 Å². The molecule has 0 aliphatic heterocycles.